The zero-order valence-electron chi connectivity index (χ0n) is 20.1. The van der Waals surface area contributed by atoms with Crippen LogP contribution in [0, 0.1) is 17.0 Å². The molecule has 1 atom stereocenters. The van der Waals surface area contributed by atoms with Crippen LogP contribution in [0.25, 0.3) is 17.4 Å². The van der Waals surface area contributed by atoms with Gasteiger partial charge in [-0.2, -0.15) is 0 Å². The molecule has 11 heteroatoms. The van der Waals surface area contributed by atoms with Gasteiger partial charge in [-0.1, -0.05) is 17.4 Å². The zero-order valence-corrected chi connectivity index (χ0v) is 21.7. The van der Waals surface area contributed by atoms with Gasteiger partial charge in [0, 0.05) is 28.6 Å². The number of ether oxygens (including phenoxy) is 1. The van der Waals surface area contributed by atoms with Crippen LogP contribution in [0.2, 0.25) is 0 Å². The fourth-order valence-electron chi connectivity index (χ4n) is 4.25. The van der Waals surface area contributed by atoms with E-state index in [0.717, 1.165) is 10.4 Å². The summed E-state index contributed by atoms with van der Waals surface area (Å²) < 4.78 is 13.2. The van der Waals surface area contributed by atoms with Gasteiger partial charge in [0.15, 0.2) is 4.80 Å². The number of nitro groups is 1. The van der Waals surface area contributed by atoms with Crippen molar-refractivity contribution < 1.29 is 18.9 Å². The molecule has 0 radical (unpaired) electrons. The molecule has 188 valence electrons. The minimum absolute atomic E-state index is 0.00640. The zero-order chi connectivity index (χ0) is 26.3. The van der Waals surface area contributed by atoms with Crippen molar-refractivity contribution in [1.29, 1.82) is 0 Å². The van der Waals surface area contributed by atoms with Gasteiger partial charge < -0.3 is 9.15 Å². The lowest BCUT2D eigenvalue weighted by Crippen LogP contribution is -2.39. The van der Waals surface area contributed by atoms with Crippen molar-refractivity contribution in [1.82, 2.24) is 4.57 Å². The molecule has 0 unspecified atom stereocenters. The summed E-state index contributed by atoms with van der Waals surface area (Å²) in [6.45, 7) is 5.47. The standard InChI is InChI=1S/C26H21N3O6S2/c1-4-34-25(31)22-15(3)27-26-28(23(22)20-6-5-11-36-20)24(30)21(37-26)13-17-8-10-19(35-17)18-9-7-16(29(32)33)12-14(18)2/h5-13,23H,4H2,1-3H3/b21-13-/t23-/m0/s1. The molecule has 5 rings (SSSR count). The Balaban J connectivity index is 1.59. The number of hydrogen-bond acceptors (Lipinski definition) is 9. The largest absolute Gasteiger partial charge is 0.463 e. The van der Waals surface area contributed by atoms with E-state index in [1.807, 2.05) is 17.5 Å². The molecule has 0 N–H and O–H groups in total. The third kappa shape index (κ3) is 4.47. The average molecular weight is 536 g/mol. The lowest BCUT2D eigenvalue weighted by atomic mass is 10.0. The molecule has 0 bridgehead atoms. The molecular formula is C26H21N3O6S2. The molecule has 0 fully saturated rings. The van der Waals surface area contributed by atoms with E-state index in [2.05, 4.69) is 4.99 Å². The van der Waals surface area contributed by atoms with E-state index in [0.29, 0.717) is 37.7 Å². The number of benzene rings is 1. The number of esters is 1. The van der Waals surface area contributed by atoms with Gasteiger partial charge in [0.05, 0.1) is 27.3 Å². The van der Waals surface area contributed by atoms with E-state index in [-0.39, 0.29) is 17.9 Å². The van der Waals surface area contributed by atoms with Crippen molar-refractivity contribution in [3.8, 4) is 11.3 Å². The van der Waals surface area contributed by atoms with E-state index < -0.39 is 16.9 Å². The van der Waals surface area contributed by atoms with Crippen molar-refractivity contribution in [2.24, 2.45) is 4.99 Å². The summed E-state index contributed by atoms with van der Waals surface area (Å²) in [5.41, 5.74) is 2.00. The number of nitro benzene ring substituents is 1. The van der Waals surface area contributed by atoms with Crippen LogP contribution in [-0.4, -0.2) is 22.1 Å². The Morgan fingerprint density at radius 3 is 2.76 bits per heavy atom. The van der Waals surface area contributed by atoms with Crippen LogP contribution in [-0.2, 0) is 9.53 Å². The molecule has 1 aromatic carbocycles. The highest BCUT2D eigenvalue weighted by atomic mass is 32.1. The summed E-state index contributed by atoms with van der Waals surface area (Å²) in [6, 6.07) is 11.2. The van der Waals surface area contributed by atoms with Crippen molar-refractivity contribution >= 4 is 40.4 Å². The van der Waals surface area contributed by atoms with Crippen LogP contribution in [0.3, 0.4) is 0 Å². The van der Waals surface area contributed by atoms with Crippen molar-refractivity contribution in [2.75, 3.05) is 6.61 Å². The average Bonchev–Trinajstić information content (AvgIpc) is 3.60. The predicted molar refractivity (Wildman–Crippen MR) is 140 cm³/mol. The maximum Gasteiger partial charge on any atom is 0.338 e. The van der Waals surface area contributed by atoms with Gasteiger partial charge in [0.25, 0.3) is 11.2 Å². The Kier molecular flexibility index (Phi) is 6.48. The fourth-order valence-corrected chi connectivity index (χ4v) is 6.10. The van der Waals surface area contributed by atoms with E-state index in [9.17, 15) is 19.7 Å². The first-order valence-corrected chi connectivity index (χ1v) is 13.1. The van der Waals surface area contributed by atoms with Gasteiger partial charge in [-0.3, -0.25) is 19.5 Å². The van der Waals surface area contributed by atoms with Crippen molar-refractivity contribution in [2.45, 2.75) is 26.8 Å². The third-order valence-electron chi connectivity index (χ3n) is 5.92. The molecule has 4 aromatic rings. The van der Waals surface area contributed by atoms with Crippen LogP contribution < -0.4 is 14.9 Å². The lowest BCUT2D eigenvalue weighted by Gasteiger charge is -2.23. The molecule has 1 aliphatic rings. The summed E-state index contributed by atoms with van der Waals surface area (Å²) in [7, 11) is 0. The number of aromatic nitrogens is 1. The number of nitrogens with zero attached hydrogens (tertiary/aromatic N) is 3. The second-order valence-electron chi connectivity index (χ2n) is 8.28. The monoisotopic (exact) mass is 535 g/mol. The number of non-ortho nitro benzene ring substituents is 1. The first-order chi connectivity index (χ1) is 17.8. The molecule has 0 aliphatic carbocycles. The van der Waals surface area contributed by atoms with Crippen LogP contribution in [0.1, 0.15) is 36.1 Å². The highest BCUT2D eigenvalue weighted by Gasteiger charge is 2.33. The van der Waals surface area contributed by atoms with Crippen LogP contribution >= 0.6 is 22.7 Å². The van der Waals surface area contributed by atoms with Gasteiger partial charge in [0.2, 0.25) is 0 Å². The molecule has 37 heavy (non-hydrogen) atoms. The molecular weight excluding hydrogens is 514 g/mol. The number of furan rings is 1. The Hall–Kier alpha value is -4.09. The number of aryl methyl sites for hydroxylation is 1. The van der Waals surface area contributed by atoms with Gasteiger partial charge in [-0.15, -0.1) is 11.3 Å². The second kappa shape index (κ2) is 9.75. The smallest absolute Gasteiger partial charge is 0.338 e. The first kappa shape index (κ1) is 24.6. The highest BCUT2D eigenvalue weighted by molar-refractivity contribution is 7.10. The number of carbonyl (C=O) groups excluding carboxylic acids is 1. The minimum Gasteiger partial charge on any atom is -0.463 e. The SMILES string of the molecule is CCOC(=O)C1=C(C)N=c2s/c(=C\c3ccc(-c4ccc([N+](=O)[O-])cc4C)o3)c(=O)n2[C@H]1c1cccs1. The van der Waals surface area contributed by atoms with E-state index in [1.54, 1.807) is 45.0 Å². The topological polar surface area (TPSA) is 117 Å². The molecule has 1 aliphatic heterocycles. The van der Waals surface area contributed by atoms with E-state index >= 15 is 0 Å². The summed E-state index contributed by atoms with van der Waals surface area (Å²) in [5.74, 6) is 0.487. The van der Waals surface area contributed by atoms with Gasteiger partial charge >= 0.3 is 5.97 Å². The molecule has 3 aromatic heterocycles. The summed E-state index contributed by atoms with van der Waals surface area (Å²) in [6.07, 6.45) is 1.64. The number of allylic oxidation sites excluding steroid dienone is 1. The number of fused-ring (bicyclic) bond motifs is 1. The number of thiophene rings is 1. The minimum atomic E-state index is -0.632. The van der Waals surface area contributed by atoms with Crippen LogP contribution in [0.15, 0.2) is 73.3 Å². The van der Waals surface area contributed by atoms with Gasteiger partial charge in [0.1, 0.15) is 17.6 Å². The van der Waals surface area contributed by atoms with E-state index in [1.165, 1.54) is 39.4 Å². The van der Waals surface area contributed by atoms with E-state index in [4.69, 9.17) is 9.15 Å². The van der Waals surface area contributed by atoms with Gasteiger partial charge in [-0.05, 0) is 56.0 Å². The Morgan fingerprint density at radius 2 is 2.08 bits per heavy atom. The maximum atomic E-state index is 13.6. The molecule has 0 amide bonds. The van der Waals surface area contributed by atoms with Crippen LogP contribution in [0.5, 0.6) is 0 Å². The normalized spacial score (nSPS) is 15.4. The van der Waals surface area contributed by atoms with Crippen molar-refractivity contribution in [3.05, 3.63) is 105 Å². The Labute approximate surface area is 218 Å². The summed E-state index contributed by atoms with van der Waals surface area (Å²) in [5, 5.41) is 12.9. The predicted octanol–water partition coefficient (Wildman–Crippen LogP) is 4.34. The summed E-state index contributed by atoms with van der Waals surface area (Å²) >= 11 is 2.67. The highest BCUT2D eigenvalue weighted by Crippen LogP contribution is 2.33. The summed E-state index contributed by atoms with van der Waals surface area (Å²) in [4.78, 5) is 42.9. The molecule has 0 saturated carbocycles. The number of rotatable bonds is 6. The van der Waals surface area contributed by atoms with Gasteiger partial charge in [-0.25, -0.2) is 9.79 Å². The molecule has 0 saturated heterocycles. The number of carbonyl (C=O) groups is 1. The first-order valence-electron chi connectivity index (χ1n) is 11.4. The van der Waals surface area contributed by atoms with Crippen molar-refractivity contribution in [3.63, 3.8) is 0 Å². The molecule has 9 nitrogen and oxygen atoms in total. The second-order valence-corrected chi connectivity index (χ2v) is 10.3. The van der Waals surface area contributed by atoms with Crippen LogP contribution in [0.4, 0.5) is 5.69 Å². The Morgan fingerprint density at radius 1 is 1.27 bits per heavy atom. The quantitative estimate of drug-likeness (QED) is 0.206. The fraction of sp³-hybridized carbons (Fsp3) is 0.192. The molecule has 0 spiro atoms. The third-order valence-corrected chi connectivity index (χ3v) is 7.82. The maximum absolute atomic E-state index is 13.6. The Bertz CT molecular complexity index is 1740. The number of hydrogen-bond donors (Lipinski definition) is 0. The number of thiazole rings is 1. The molecule has 4 heterocycles. The lowest BCUT2D eigenvalue weighted by molar-refractivity contribution is -0.384.